The van der Waals surface area contributed by atoms with Crippen molar-refractivity contribution in [3.63, 3.8) is 0 Å². The van der Waals surface area contributed by atoms with Crippen molar-refractivity contribution in [2.24, 2.45) is 0 Å². The number of benzene rings is 1. The average molecular weight is 234 g/mol. The molecular formula is C12H11FN2O2. The summed E-state index contributed by atoms with van der Waals surface area (Å²) in [6, 6.07) is 6.05. The summed E-state index contributed by atoms with van der Waals surface area (Å²) in [5, 5.41) is 6.01. The minimum Gasteiger partial charge on any atom is -0.351 e. The fraction of sp³-hybridized carbons (Fsp3) is 0.167. The molecule has 1 aromatic heterocycles. The van der Waals surface area contributed by atoms with Gasteiger partial charge in [-0.2, -0.15) is 0 Å². The van der Waals surface area contributed by atoms with E-state index in [1.54, 1.807) is 19.9 Å². The number of hydrogen-bond donors (Lipinski definition) is 1. The Bertz CT molecular complexity index is 563. The average Bonchev–Trinajstić information content (AvgIpc) is 2.69. The topological polar surface area (TPSA) is 55.1 Å². The number of nitrogens with zero attached hydrogens (tertiary/aromatic N) is 1. The normalized spacial score (nSPS) is 10.3. The Morgan fingerprint density at radius 3 is 2.71 bits per heavy atom. The number of carbonyl (C=O) groups excluding carboxylic acids is 1. The Balaban J connectivity index is 2.18. The molecule has 0 radical (unpaired) electrons. The Hall–Kier alpha value is -2.17. The van der Waals surface area contributed by atoms with Gasteiger partial charge in [-0.1, -0.05) is 11.2 Å². The molecule has 1 heterocycles. The highest BCUT2D eigenvalue weighted by Crippen LogP contribution is 2.16. The largest absolute Gasteiger partial charge is 0.351 e. The molecule has 0 fully saturated rings. The molecule has 0 aliphatic heterocycles. The molecule has 2 rings (SSSR count). The van der Waals surface area contributed by atoms with Crippen molar-refractivity contribution < 1.29 is 13.7 Å². The van der Waals surface area contributed by atoms with Gasteiger partial charge in [-0.25, -0.2) is 4.39 Å². The van der Waals surface area contributed by atoms with Crippen LogP contribution in [0.25, 0.3) is 0 Å². The van der Waals surface area contributed by atoms with Crippen LogP contribution in [0.3, 0.4) is 0 Å². The number of anilines is 1. The zero-order valence-corrected chi connectivity index (χ0v) is 9.45. The standard InChI is InChI=1S/C12H11FN2O2/c1-7-3-4-10(9(13)5-7)14-12(16)11-6-8(2)15-17-11/h3-6H,1-2H3,(H,14,16). The third-order valence-corrected chi connectivity index (χ3v) is 2.22. The first-order chi connectivity index (χ1) is 8.06. The van der Waals surface area contributed by atoms with E-state index in [-0.39, 0.29) is 11.4 Å². The van der Waals surface area contributed by atoms with Gasteiger partial charge in [-0.05, 0) is 31.5 Å². The molecule has 1 aromatic carbocycles. The van der Waals surface area contributed by atoms with Crippen LogP contribution in [0.1, 0.15) is 21.8 Å². The predicted molar refractivity (Wildman–Crippen MR) is 60.3 cm³/mol. The lowest BCUT2D eigenvalue weighted by molar-refractivity contribution is 0.0987. The molecule has 0 bridgehead atoms. The summed E-state index contributed by atoms with van der Waals surface area (Å²) in [5.41, 5.74) is 1.50. The van der Waals surface area contributed by atoms with E-state index >= 15 is 0 Å². The van der Waals surface area contributed by atoms with Crippen LogP contribution in [0.2, 0.25) is 0 Å². The number of halogens is 1. The van der Waals surface area contributed by atoms with Gasteiger partial charge in [0, 0.05) is 6.07 Å². The van der Waals surface area contributed by atoms with E-state index in [1.165, 1.54) is 18.2 Å². The second-order valence-electron chi connectivity index (χ2n) is 3.77. The molecule has 0 saturated heterocycles. The van der Waals surface area contributed by atoms with E-state index in [9.17, 15) is 9.18 Å². The van der Waals surface area contributed by atoms with Crippen LogP contribution >= 0.6 is 0 Å². The summed E-state index contributed by atoms with van der Waals surface area (Å²) in [6.07, 6.45) is 0. The highest BCUT2D eigenvalue weighted by molar-refractivity contribution is 6.02. The second kappa shape index (κ2) is 4.37. The molecule has 88 valence electrons. The van der Waals surface area contributed by atoms with Crippen LogP contribution in [-0.4, -0.2) is 11.1 Å². The van der Waals surface area contributed by atoms with Crippen LogP contribution in [0.5, 0.6) is 0 Å². The van der Waals surface area contributed by atoms with E-state index < -0.39 is 11.7 Å². The quantitative estimate of drug-likeness (QED) is 0.869. The van der Waals surface area contributed by atoms with Gasteiger partial charge in [0.15, 0.2) is 0 Å². The van der Waals surface area contributed by atoms with Crippen molar-refractivity contribution in [3.05, 3.63) is 47.1 Å². The Kier molecular flexibility index (Phi) is 2.91. The van der Waals surface area contributed by atoms with Gasteiger partial charge in [0.05, 0.1) is 11.4 Å². The third-order valence-electron chi connectivity index (χ3n) is 2.22. The monoisotopic (exact) mass is 234 g/mol. The first kappa shape index (κ1) is 11.3. The first-order valence-electron chi connectivity index (χ1n) is 5.07. The molecule has 0 aliphatic carbocycles. The molecule has 1 N–H and O–H groups in total. The van der Waals surface area contributed by atoms with Crippen molar-refractivity contribution in [1.82, 2.24) is 5.16 Å². The van der Waals surface area contributed by atoms with Gasteiger partial charge >= 0.3 is 0 Å². The third kappa shape index (κ3) is 2.50. The van der Waals surface area contributed by atoms with Crippen molar-refractivity contribution in [3.8, 4) is 0 Å². The van der Waals surface area contributed by atoms with E-state index in [0.717, 1.165) is 5.56 Å². The molecule has 5 heteroatoms. The molecule has 1 amide bonds. The molecule has 0 aliphatic rings. The number of aromatic nitrogens is 1. The minimum atomic E-state index is -0.520. The fourth-order valence-corrected chi connectivity index (χ4v) is 1.38. The molecule has 2 aromatic rings. The van der Waals surface area contributed by atoms with Gasteiger partial charge in [0.25, 0.3) is 5.91 Å². The summed E-state index contributed by atoms with van der Waals surface area (Å²) >= 11 is 0. The Morgan fingerprint density at radius 2 is 2.12 bits per heavy atom. The predicted octanol–water partition coefficient (Wildman–Crippen LogP) is 2.68. The van der Waals surface area contributed by atoms with Gasteiger partial charge in [0.2, 0.25) is 5.76 Å². The first-order valence-corrected chi connectivity index (χ1v) is 5.07. The molecular weight excluding hydrogens is 223 g/mol. The second-order valence-corrected chi connectivity index (χ2v) is 3.77. The molecule has 0 unspecified atom stereocenters. The van der Waals surface area contributed by atoms with Crippen LogP contribution in [0.4, 0.5) is 10.1 Å². The molecule has 0 spiro atoms. The van der Waals surface area contributed by atoms with Gasteiger partial charge in [-0.15, -0.1) is 0 Å². The number of amides is 1. The maximum atomic E-state index is 13.5. The van der Waals surface area contributed by atoms with E-state index in [4.69, 9.17) is 4.52 Å². The summed E-state index contributed by atoms with van der Waals surface area (Å²) in [4.78, 5) is 11.7. The molecule has 4 nitrogen and oxygen atoms in total. The van der Waals surface area contributed by atoms with Crippen molar-refractivity contribution in [2.45, 2.75) is 13.8 Å². The van der Waals surface area contributed by atoms with Gasteiger partial charge in [-0.3, -0.25) is 4.79 Å². The number of hydrogen-bond acceptors (Lipinski definition) is 3. The number of rotatable bonds is 2. The maximum absolute atomic E-state index is 13.5. The Morgan fingerprint density at radius 1 is 1.35 bits per heavy atom. The van der Waals surface area contributed by atoms with Crippen LogP contribution in [-0.2, 0) is 0 Å². The number of nitrogens with one attached hydrogen (secondary N) is 1. The smallest absolute Gasteiger partial charge is 0.294 e. The summed E-state index contributed by atoms with van der Waals surface area (Å²) in [5.74, 6) is -0.939. The lowest BCUT2D eigenvalue weighted by atomic mass is 10.2. The zero-order chi connectivity index (χ0) is 12.4. The van der Waals surface area contributed by atoms with Gasteiger partial charge < -0.3 is 9.84 Å². The van der Waals surface area contributed by atoms with E-state index in [2.05, 4.69) is 10.5 Å². The maximum Gasteiger partial charge on any atom is 0.294 e. The summed E-state index contributed by atoms with van der Waals surface area (Å²) < 4.78 is 18.2. The summed E-state index contributed by atoms with van der Waals surface area (Å²) in [7, 11) is 0. The molecule has 0 atom stereocenters. The van der Waals surface area contributed by atoms with Crippen LogP contribution in [0.15, 0.2) is 28.8 Å². The lowest BCUT2D eigenvalue weighted by Crippen LogP contribution is -2.12. The van der Waals surface area contributed by atoms with E-state index in [1.807, 2.05) is 0 Å². The number of aryl methyl sites for hydroxylation is 2. The lowest BCUT2D eigenvalue weighted by Gasteiger charge is -2.04. The van der Waals surface area contributed by atoms with Crippen LogP contribution in [0, 0.1) is 19.7 Å². The van der Waals surface area contributed by atoms with Crippen molar-refractivity contribution in [1.29, 1.82) is 0 Å². The highest BCUT2D eigenvalue weighted by Gasteiger charge is 2.13. The van der Waals surface area contributed by atoms with Crippen molar-refractivity contribution >= 4 is 11.6 Å². The molecule has 17 heavy (non-hydrogen) atoms. The highest BCUT2D eigenvalue weighted by atomic mass is 19.1. The molecule has 0 saturated carbocycles. The zero-order valence-electron chi connectivity index (χ0n) is 9.45. The van der Waals surface area contributed by atoms with Gasteiger partial charge in [0.1, 0.15) is 5.82 Å². The van der Waals surface area contributed by atoms with Crippen LogP contribution < -0.4 is 5.32 Å². The Labute approximate surface area is 97.4 Å². The number of carbonyl (C=O) groups is 1. The summed E-state index contributed by atoms with van der Waals surface area (Å²) in [6.45, 7) is 3.47. The SMILES string of the molecule is Cc1ccc(NC(=O)c2cc(C)no2)c(F)c1. The fourth-order valence-electron chi connectivity index (χ4n) is 1.38. The van der Waals surface area contributed by atoms with Crippen molar-refractivity contribution in [2.75, 3.05) is 5.32 Å². The van der Waals surface area contributed by atoms with E-state index in [0.29, 0.717) is 5.69 Å². The minimum absolute atomic E-state index is 0.0578.